The molecule has 0 fully saturated rings. The van der Waals surface area contributed by atoms with Crippen molar-refractivity contribution >= 4 is 29.4 Å². The number of rotatable bonds is 4. The number of aromatic nitrogens is 2. The number of allylic oxidation sites excluding steroid dienone is 2. The number of hydrogen-bond donors (Lipinski definition) is 2. The minimum Gasteiger partial charge on any atom is -0.453 e. The van der Waals surface area contributed by atoms with Crippen LogP contribution in [0, 0.1) is 0 Å². The van der Waals surface area contributed by atoms with Crippen LogP contribution in [0.5, 0.6) is 0 Å². The van der Waals surface area contributed by atoms with E-state index in [0.717, 1.165) is 0 Å². The van der Waals surface area contributed by atoms with Crippen LogP contribution >= 0.6 is 11.8 Å². The Hall–Kier alpha value is -2.09. The Bertz CT molecular complexity index is 564. The second-order valence-corrected chi connectivity index (χ2v) is 4.76. The third-order valence-electron chi connectivity index (χ3n) is 2.43. The highest BCUT2D eigenvalue weighted by Crippen LogP contribution is 2.26. The van der Waals surface area contributed by atoms with Gasteiger partial charge in [0.2, 0.25) is 11.6 Å². The molecule has 0 aliphatic heterocycles. The molecule has 0 bridgehead atoms. The van der Waals surface area contributed by atoms with Gasteiger partial charge in [-0.15, -0.1) is 11.8 Å². The van der Waals surface area contributed by atoms with Crippen molar-refractivity contribution in [2.75, 3.05) is 19.4 Å². The molecule has 0 radical (unpaired) electrons. The molecule has 0 spiro atoms. The smallest absolute Gasteiger partial charge is 0.406 e. The highest BCUT2D eigenvalue weighted by Gasteiger charge is 2.27. The number of H-pyrrole nitrogens is 1. The van der Waals surface area contributed by atoms with Crippen LogP contribution in [-0.2, 0) is 4.74 Å². The number of ether oxygens (including phenoxy) is 1. The van der Waals surface area contributed by atoms with Crippen LogP contribution < -0.4 is 5.32 Å². The van der Waals surface area contributed by atoms with E-state index in [-0.39, 0.29) is 22.8 Å². The van der Waals surface area contributed by atoms with Crippen molar-refractivity contribution in [3.8, 4) is 0 Å². The second-order valence-electron chi connectivity index (χ2n) is 3.63. The molecule has 7 nitrogen and oxygen atoms in total. The summed E-state index contributed by atoms with van der Waals surface area (Å²) in [4.78, 5) is 34.9. The SMILES string of the molecule is COC(=O)NCCSC1=CC(=O)c2[nH]ncc2C1=O. The number of methoxy groups -OCH3 is 1. The Kier molecular flexibility index (Phi) is 4.00. The van der Waals surface area contributed by atoms with Gasteiger partial charge in [-0.3, -0.25) is 14.7 Å². The number of thioether (sulfide) groups is 1. The fourth-order valence-corrected chi connectivity index (χ4v) is 2.38. The van der Waals surface area contributed by atoms with Gasteiger partial charge in [-0.05, 0) is 0 Å². The van der Waals surface area contributed by atoms with Crippen molar-refractivity contribution in [3.63, 3.8) is 0 Å². The molecule has 2 rings (SSSR count). The summed E-state index contributed by atoms with van der Waals surface area (Å²) in [6.07, 6.45) is 2.10. The number of alkyl carbamates (subject to hydrolysis) is 1. The molecule has 0 unspecified atom stereocenters. The summed E-state index contributed by atoms with van der Waals surface area (Å²) in [5, 5.41) is 8.68. The molecule has 19 heavy (non-hydrogen) atoms. The molecule has 0 saturated carbocycles. The van der Waals surface area contributed by atoms with Gasteiger partial charge < -0.3 is 10.1 Å². The molecule has 0 saturated heterocycles. The van der Waals surface area contributed by atoms with Crippen LogP contribution in [0.2, 0.25) is 0 Å². The molecule has 2 N–H and O–H groups in total. The molecule has 1 aliphatic carbocycles. The van der Waals surface area contributed by atoms with E-state index in [0.29, 0.717) is 17.2 Å². The lowest BCUT2D eigenvalue weighted by atomic mass is 10.0. The van der Waals surface area contributed by atoms with Crippen LogP contribution in [0.15, 0.2) is 17.2 Å². The van der Waals surface area contributed by atoms with Gasteiger partial charge in [0, 0.05) is 18.4 Å². The number of ketones is 2. The van der Waals surface area contributed by atoms with Crippen LogP contribution in [0.25, 0.3) is 0 Å². The predicted octanol–water partition coefficient (Wildman–Crippen LogP) is 0.762. The molecule has 100 valence electrons. The molecule has 1 aromatic heterocycles. The maximum Gasteiger partial charge on any atom is 0.406 e. The van der Waals surface area contributed by atoms with Crippen LogP contribution in [0.1, 0.15) is 20.8 Å². The maximum atomic E-state index is 12.0. The van der Waals surface area contributed by atoms with Crippen molar-refractivity contribution in [2.45, 2.75) is 0 Å². The number of hydrogen-bond acceptors (Lipinski definition) is 6. The van der Waals surface area contributed by atoms with Crippen LogP contribution in [0.4, 0.5) is 4.79 Å². The van der Waals surface area contributed by atoms with Gasteiger partial charge in [0.15, 0.2) is 0 Å². The first-order valence-electron chi connectivity index (χ1n) is 5.42. The van der Waals surface area contributed by atoms with Gasteiger partial charge >= 0.3 is 6.09 Å². The summed E-state index contributed by atoms with van der Waals surface area (Å²) in [6.45, 7) is 0.342. The highest BCUT2D eigenvalue weighted by atomic mass is 32.2. The Morgan fingerprint density at radius 3 is 3.05 bits per heavy atom. The predicted molar refractivity (Wildman–Crippen MR) is 68.2 cm³/mol. The Morgan fingerprint density at radius 1 is 1.53 bits per heavy atom. The summed E-state index contributed by atoms with van der Waals surface area (Å²) in [6, 6.07) is 0. The number of amides is 1. The minimum absolute atomic E-state index is 0.224. The number of nitrogens with one attached hydrogen (secondary N) is 2. The maximum absolute atomic E-state index is 12.0. The fourth-order valence-electron chi connectivity index (χ4n) is 1.53. The van der Waals surface area contributed by atoms with E-state index in [1.807, 2.05) is 0 Å². The lowest BCUT2D eigenvalue weighted by Crippen LogP contribution is -2.25. The molecule has 1 amide bonds. The first kappa shape index (κ1) is 13.3. The lowest BCUT2D eigenvalue weighted by Gasteiger charge is -2.10. The topological polar surface area (TPSA) is 101 Å². The normalized spacial score (nSPS) is 13.8. The number of Topliss-reactive ketones (excluding diaryl/α,β-unsaturated/α-hetero) is 1. The number of aromatic amines is 1. The third-order valence-corrected chi connectivity index (χ3v) is 3.45. The number of carbonyl (C=O) groups excluding carboxylic acids is 3. The summed E-state index contributed by atoms with van der Waals surface area (Å²) in [7, 11) is 1.27. The third kappa shape index (κ3) is 2.84. The number of fused-ring (bicyclic) bond motifs is 1. The number of carbonyl (C=O) groups is 3. The fraction of sp³-hybridized carbons (Fsp3) is 0.273. The van der Waals surface area contributed by atoms with Crippen LogP contribution in [-0.4, -0.2) is 47.3 Å². The van der Waals surface area contributed by atoms with Gasteiger partial charge in [-0.25, -0.2) is 4.79 Å². The standard InChI is InChI=1S/C11H11N3O4S/c1-18-11(17)12-2-3-19-8-4-7(15)9-6(10(8)16)5-13-14-9/h4-5H,2-3H2,1H3,(H,12,17)(H,13,14). The van der Waals surface area contributed by atoms with E-state index in [4.69, 9.17) is 0 Å². The quantitative estimate of drug-likeness (QED) is 0.790. The van der Waals surface area contributed by atoms with Gasteiger partial charge in [-0.2, -0.15) is 5.10 Å². The molecule has 1 heterocycles. The Labute approximate surface area is 112 Å². The minimum atomic E-state index is -0.530. The second kappa shape index (κ2) is 5.70. The molecular formula is C11H11N3O4S. The van der Waals surface area contributed by atoms with Crippen molar-refractivity contribution in [3.05, 3.63) is 28.4 Å². The highest BCUT2D eigenvalue weighted by molar-refractivity contribution is 8.04. The van der Waals surface area contributed by atoms with Gasteiger partial charge in [0.05, 0.1) is 23.8 Å². The van der Waals surface area contributed by atoms with E-state index in [1.54, 1.807) is 0 Å². The van der Waals surface area contributed by atoms with Crippen LogP contribution in [0.3, 0.4) is 0 Å². The molecule has 1 aliphatic rings. The van der Waals surface area contributed by atoms with Gasteiger partial charge in [0.25, 0.3) is 0 Å². The van der Waals surface area contributed by atoms with E-state index >= 15 is 0 Å². The van der Waals surface area contributed by atoms with Crippen molar-refractivity contribution < 1.29 is 19.1 Å². The Balaban J connectivity index is 1.93. The zero-order chi connectivity index (χ0) is 13.8. The zero-order valence-corrected chi connectivity index (χ0v) is 10.9. The average Bonchev–Trinajstić information content (AvgIpc) is 2.89. The average molecular weight is 281 g/mol. The van der Waals surface area contributed by atoms with E-state index < -0.39 is 6.09 Å². The van der Waals surface area contributed by atoms with Crippen molar-refractivity contribution in [2.24, 2.45) is 0 Å². The molecule has 8 heteroatoms. The molecule has 1 aromatic rings. The number of nitrogens with zero attached hydrogens (tertiary/aromatic N) is 1. The van der Waals surface area contributed by atoms with Gasteiger partial charge in [-0.1, -0.05) is 0 Å². The van der Waals surface area contributed by atoms with Crippen molar-refractivity contribution in [1.82, 2.24) is 15.5 Å². The zero-order valence-electron chi connectivity index (χ0n) is 10.1. The summed E-state index contributed by atoms with van der Waals surface area (Å²) < 4.78 is 4.41. The molecule has 0 atom stereocenters. The molecule has 0 aromatic carbocycles. The summed E-state index contributed by atoms with van der Waals surface area (Å²) in [5.74, 6) is -0.0328. The van der Waals surface area contributed by atoms with Gasteiger partial charge in [0.1, 0.15) is 5.69 Å². The summed E-state index contributed by atoms with van der Waals surface area (Å²) >= 11 is 1.21. The Morgan fingerprint density at radius 2 is 2.32 bits per heavy atom. The largest absolute Gasteiger partial charge is 0.453 e. The first-order valence-corrected chi connectivity index (χ1v) is 6.40. The summed E-state index contributed by atoms with van der Waals surface area (Å²) in [5.41, 5.74) is 0.512. The lowest BCUT2D eigenvalue weighted by molar-refractivity contribution is 0.0989. The van der Waals surface area contributed by atoms with E-state index in [9.17, 15) is 14.4 Å². The van der Waals surface area contributed by atoms with Crippen molar-refractivity contribution in [1.29, 1.82) is 0 Å². The first-order chi connectivity index (χ1) is 9.13. The van der Waals surface area contributed by atoms with E-state index in [2.05, 4.69) is 20.3 Å². The van der Waals surface area contributed by atoms with E-state index in [1.165, 1.54) is 31.1 Å². The molecular weight excluding hydrogens is 270 g/mol. The monoisotopic (exact) mass is 281 g/mol.